The van der Waals surface area contributed by atoms with Gasteiger partial charge in [-0.25, -0.2) is 4.79 Å². The lowest BCUT2D eigenvalue weighted by atomic mass is 10.1. The summed E-state index contributed by atoms with van der Waals surface area (Å²) < 4.78 is 11.4. The summed E-state index contributed by atoms with van der Waals surface area (Å²) in [4.78, 5) is 11.8. The number of nitrogens with one attached hydrogen (secondary N) is 1. The molecule has 0 atom stereocenters. The van der Waals surface area contributed by atoms with Crippen molar-refractivity contribution < 1.29 is 13.9 Å². The van der Waals surface area contributed by atoms with Crippen molar-refractivity contribution in [2.45, 2.75) is 6.54 Å². The van der Waals surface area contributed by atoms with E-state index in [1.165, 1.54) is 7.11 Å². The zero-order valence-electron chi connectivity index (χ0n) is 10.1. The van der Waals surface area contributed by atoms with Crippen LogP contribution >= 0.6 is 31.9 Å². The van der Waals surface area contributed by atoms with Gasteiger partial charge >= 0.3 is 5.97 Å². The topological polar surface area (TPSA) is 51.5 Å². The SMILES string of the molecule is COC(=O)c1cc(Br)cc(Br)c1NCc1ccoc1. The second kappa shape index (κ2) is 6.25. The number of rotatable bonds is 4. The van der Waals surface area contributed by atoms with E-state index in [9.17, 15) is 4.79 Å². The van der Waals surface area contributed by atoms with E-state index >= 15 is 0 Å². The minimum atomic E-state index is -0.392. The number of hydrogen-bond acceptors (Lipinski definition) is 4. The van der Waals surface area contributed by atoms with E-state index in [-0.39, 0.29) is 0 Å². The molecule has 1 aromatic heterocycles. The molecule has 0 aliphatic heterocycles. The lowest BCUT2D eigenvalue weighted by Crippen LogP contribution is -2.09. The van der Waals surface area contributed by atoms with Crippen molar-refractivity contribution in [1.29, 1.82) is 0 Å². The van der Waals surface area contributed by atoms with Gasteiger partial charge in [0.25, 0.3) is 0 Å². The molecule has 4 nitrogen and oxygen atoms in total. The van der Waals surface area contributed by atoms with Gasteiger partial charge in [0.2, 0.25) is 0 Å². The first-order valence-electron chi connectivity index (χ1n) is 5.44. The molecule has 19 heavy (non-hydrogen) atoms. The van der Waals surface area contributed by atoms with Crippen molar-refractivity contribution in [3.63, 3.8) is 0 Å². The van der Waals surface area contributed by atoms with Crippen LogP contribution in [-0.2, 0) is 11.3 Å². The Kier molecular flexibility index (Phi) is 4.66. The lowest BCUT2D eigenvalue weighted by molar-refractivity contribution is 0.0601. The molecule has 6 heteroatoms. The molecule has 0 spiro atoms. The van der Waals surface area contributed by atoms with Crippen LogP contribution in [-0.4, -0.2) is 13.1 Å². The number of benzene rings is 1. The minimum Gasteiger partial charge on any atom is -0.472 e. The summed E-state index contributed by atoms with van der Waals surface area (Å²) in [7, 11) is 1.36. The molecule has 0 saturated carbocycles. The molecular weight excluding hydrogens is 378 g/mol. The van der Waals surface area contributed by atoms with Crippen LogP contribution in [0.2, 0.25) is 0 Å². The van der Waals surface area contributed by atoms with Crippen LogP contribution in [0.5, 0.6) is 0 Å². The zero-order chi connectivity index (χ0) is 13.8. The summed E-state index contributed by atoms with van der Waals surface area (Å²) in [6.45, 7) is 0.556. The Morgan fingerprint density at radius 3 is 2.84 bits per heavy atom. The van der Waals surface area contributed by atoms with Crippen molar-refractivity contribution in [1.82, 2.24) is 0 Å². The highest BCUT2D eigenvalue weighted by Crippen LogP contribution is 2.31. The Balaban J connectivity index is 2.29. The van der Waals surface area contributed by atoms with Crippen molar-refractivity contribution in [2.24, 2.45) is 0 Å². The summed E-state index contributed by atoms with van der Waals surface area (Å²) >= 11 is 6.79. The first-order chi connectivity index (χ1) is 9.11. The largest absolute Gasteiger partial charge is 0.472 e. The minimum absolute atomic E-state index is 0.392. The van der Waals surface area contributed by atoms with Crippen molar-refractivity contribution in [3.05, 3.63) is 50.8 Å². The van der Waals surface area contributed by atoms with Crippen LogP contribution in [0.1, 0.15) is 15.9 Å². The van der Waals surface area contributed by atoms with E-state index in [1.807, 2.05) is 12.1 Å². The summed E-state index contributed by atoms with van der Waals surface area (Å²) in [6, 6.07) is 5.44. The first-order valence-corrected chi connectivity index (χ1v) is 7.02. The molecule has 0 unspecified atom stereocenters. The van der Waals surface area contributed by atoms with Gasteiger partial charge in [-0.2, -0.15) is 0 Å². The third-order valence-electron chi connectivity index (χ3n) is 2.51. The molecule has 0 aliphatic carbocycles. The smallest absolute Gasteiger partial charge is 0.340 e. The number of anilines is 1. The summed E-state index contributed by atoms with van der Waals surface area (Å²) in [6.07, 6.45) is 3.26. The maximum absolute atomic E-state index is 11.8. The van der Waals surface area contributed by atoms with Gasteiger partial charge in [0.15, 0.2) is 0 Å². The molecule has 1 heterocycles. The third kappa shape index (κ3) is 3.39. The van der Waals surface area contributed by atoms with E-state index in [4.69, 9.17) is 9.15 Å². The number of carbonyl (C=O) groups excluding carboxylic acids is 1. The van der Waals surface area contributed by atoms with Gasteiger partial charge in [-0.05, 0) is 34.1 Å². The second-order valence-corrected chi connectivity index (χ2v) is 5.56. The van der Waals surface area contributed by atoms with E-state index < -0.39 is 5.97 Å². The predicted molar refractivity (Wildman–Crippen MR) is 79.2 cm³/mol. The van der Waals surface area contributed by atoms with Gasteiger partial charge in [-0.1, -0.05) is 15.9 Å². The van der Waals surface area contributed by atoms with Crippen LogP contribution in [0.15, 0.2) is 44.1 Å². The van der Waals surface area contributed by atoms with Gasteiger partial charge in [0, 0.05) is 21.1 Å². The lowest BCUT2D eigenvalue weighted by Gasteiger charge is -2.13. The standard InChI is InChI=1S/C13H11Br2NO3/c1-18-13(17)10-4-9(14)5-11(15)12(10)16-6-8-2-3-19-7-8/h2-5,7,16H,6H2,1H3. The number of ether oxygens (including phenoxy) is 1. The number of halogens is 2. The van der Waals surface area contributed by atoms with Crippen LogP contribution in [0.4, 0.5) is 5.69 Å². The summed E-state index contributed by atoms with van der Waals surface area (Å²) in [5, 5.41) is 3.20. The molecule has 0 bridgehead atoms. The van der Waals surface area contributed by atoms with Crippen LogP contribution in [0.25, 0.3) is 0 Å². The molecule has 0 fully saturated rings. The summed E-state index contributed by atoms with van der Waals surface area (Å²) in [5.74, 6) is -0.392. The fourth-order valence-corrected chi connectivity index (χ4v) is 2.97. The molecule has 0 aliphatic rings. The zero-order valence-corrected chi connectivity index (χ0v) is 13.2. The highest BCUT2D eigenvalue weighted by molar-refractivity contribution is 9.11. The molecular formula is C13H11Br2NO3. The number of hydrogen-bond donors (Lipinski definition) is 1. The highest BCUT2D eigenvalue weighted by Gasteiger charge is 2.16. The van der Waals surface area contributed by atoms with Gasteiger partial charge in [-0.3, -0.25) is 0 Å². The van der Waals surface area contributed by atoms with E-state index in [2.05, 4.69) is 37.2 Å². The molecule has 0 radical (unpaired) electrons. The van der Waals surface area contributed by atoms with E-state index in [1.54, 1.807) is 18.6 Å². The van der Waals surface area contributed by atoms with Crippen molar-refractivity contribution in [3.8, 4) is 0 Å². The highest BCUT2D eigenvalue weighted by atomic mass is 79.9. The van der Waals surface area contributed by atoms with Crippen LogP contribution in [0, 0.1) is 0 Å². The Labute approximate surface area is 127 Å². The van der Waals surface area contributed by atoms with Crippen LogP contribution in [0.3, 0.4) is 0 Å². The van der Waals surface area contributed by atoms with E-state index in [0.29, 0.717) is 17.8 Å². The van der Waals surface area contributed by atoms with Gasteiger partial charge in [0.05, 0.1) is 30.9 Å². The molecule has 2 aromatic rings. The number of furan rings is 1. The van der Waals surface area contributed by atoms with Gasteiger partial charge < -0.3 is 14.5 Å². The number of carbonyl (C=O) groups is 1. The normalized spacial score (nSPS) is 10.3. The molecule has 1 N–H and O–H groups in total. The number of esters is 1. The first kappa shape index (κ1) is 14.1. The number of methoxy groups -OCH3 is 1. The fourth-order valence-electron chi connectivity index (χ4n) is 1.61. The molecule has 1 aromatic carbocycles. The maximum atomic E-state index is 11.8. The average Bonchev–Trinajstić information content (AvgIpc) is 2.89. The van der Waals surface area contributed by atoms with Crippen molar-refractivity contribution in [2.75, 3.05) is 12.4 Å². The average molecular weight is 389 g/mol. The molecule has 0 amide bonds. The van der Waals surface area contributed by atoms with Gasteiger partial charge in [0.1, 0.15) is 0 Å². The van der Waals surface area contributed by atoms with Crippen LogP contribution < -0.4 is 5.32 Å². The molecule has 2 rings (SSSR count). The second-order valence-electron chi connectivity index (χ2n) is 3.79. The third-order valence-corrected chi connectivity index (χ3v) is 3.59. The Morgan fingerprint density at radius 1 is 1.42 bits per heavy atom. The fraction of sp³-hybridized carbons (Fsp3) is 0.154. The van der Waals surface area contributed by atoms with Crippen molar-refractivity contribution >= 4 is 43.5 Å². The quantitative estimate of drug-likeness (QED) is 0.797. The maximum Gasteiger partial charge on any atom is 0.340 e. The monoisotopic (exact) mass is 387 g/mol. The Bertz CT molecular complexity index is 582. The molecule has 100 valence electrons. The molecule has 0 saturated heterocycles. The Morgan fingerprint density at radius 2 is 2.21 bits per heavy atom. The Hall–Kier alpha value is -1.27. The predicted octanol–water partition coefficient (Wildman–Crippen LogP) is 4.20. The van der Waals surface area contributed by atoms with Gasteiger partial charge in [-0.15, -0.1) is 0 Å². The summed E-state index contributed by atoms with van der Waals surface area (Å²) in [5.41, 5.74) is 2.15. The van der Waals surface area contributed by atoms with E-state index in [0.717, 1.165) is 14.5 Å².